The molecule has 0 radical (unpaired) electrons. The highest BCUT2D eigenvalue weighted by atomic mass is 32.2. The molecule has 1 aromatic heterocycles. The number of imidazole rings is 1. The number of thioether (sulfide) groups is 1. The van der Waals surface area contributed by atoms with Gasteiger partial charge in [0, 0.05) is 18.1 Å². The lowest BCUT2D eigenvalue weighted by atomic mass is 10.1. The van der Waals surface area contributed by atoms with E-state index in [1.807, 2.05) is 61.9 Å². The molecule has 0 unspecified atom stereocenters. The zero-order valence-electron chi connectivity index (χ0n) is 15.9. The van der Waals surface area contributed by atoms with Crippen LogP contribution < -0.4 is 10.1 Å². The van der Waals surface area contributed by atoms with E-state index in [9.17, 15) is 4.79 Å². The van der Waals surface area contributed by atoms with Crippen LogP contribution in [0.4, 0.5) is 5.69 Å². The van der Waals surface area contributed by atoms with E-state index in [1.54, 1.807) is 13.3 Å². The van der Waals surface area contributed by atoms with Crippen LogP contribution in [-0.2, 0) is 4.79 Å². The molecule has 3 rings (SSSR count). The summed E-state index contributed by atoms with van der Waals surface area (Å²) in [5.74, 6) is 0.983. The molecule has 27 heavy (non-hydrogen) atoms. The minimum absolute atomic E-state index is 0.0577. The number of rotatable bonds is 6. The summed E-state index contributed by atoms with van der Waals surface area (Å²) in [5.41, 5.74) is 5.11. The monoisotopic (exact) mass is 381 g/mol. The minimum Gasteiger partial charge on any atom is -0.495 e. The zero-order chi connectivity index (χ0) is 19.4. The quantitative estimate of drug-likeness (QED) is 0.637. The molecular formula is C21H23N3O2S. The van der Waals surface area contributed by atoms with Crippen LogP contribution >= 0.6 is 11.8 Å². The van der Waals surface area contributed by atoms with Crippen molar-refractivity contribution in [2.75, 3.05) is 18.2 Å². The first-order chi connectivity index (χ1) is 13.0. The van der Waals surface area contributed by atoms with Gasteiger partial charge >= 0.3 is 0 Å². The maximum atomic E-state index is 12.4. The van der Waals surface area contributed by atoms with Crippen LogP contribution in [0.2, 0.25) is 0 Å². The third kappa shape index (κ3) is 4.52. The lowest BCUT2D eigenvalue weighted by Gasteiger charge is -2.13. The second-order valence-corrected chi connectivity index (χ2v) is 7.35. The average molecular weight is 382 g/mol. The number of hydrogen-bond acceptors (Lipinski definition) is 4. The van der Waals surface area contributed by atoms with Gasteiger partial charge < -0.3 is 10.1 Å². The Labute approximate surface area is 163 Å². The van der Waals surface area contributed by atoms with Crippen LogP contribution in [0, 0.1) is 20.8 Å². The van der Waals surface area contributed by atoms with E-state index in [2.05, 4.69) is 16.4 Å². The first kappa shape index (κ1) is 19.0. The number of amides is 1. The maximum Gasteiger partial charge on any atom is 0.234 e. The molecule has 0 saturated carbocycles. The first-order valence-electron chi connectivity index (χ1n) is 8.66. The van der Waals surface area contributed by atoms with Crippen LogP contribution in [-0.4, -0.2) is 28.3 Å². The minimum atomic E-state index is -0.0577. The van der Waals surface area contributed by atoms with Crippen molar-refractivity contribution in [2.24, 2.45) is 0 Å². The molecule has 2 aromatic carbocycles. The first-order valence-corrected chi connectivity index (χ1v) is 9.65. The number of methoxy groups -OCH3 is 1. The Morgan fingerprint density at radius 1 is 1.15 bits per heavy atom. The third-order valence-electron chi connectivity index (χ3n) is 4.19. The van der Waals surface area contributed by atoms with Gasteiger partial charge in [-0.25, -0.2) is 4.98 Å². The Morgan fingerprint density at radius 2 is 1.89 bits per heavy atom. The molecule has 0 saturated heterocycles. The number of anilines is 1. The van der Waals surface area contributed by atoms with E-state index in [0.29, 0.717) is 0 Å². The SMILES string of the molecule is COc1ccc(C)cc1-n1ccnc1SCC(=O)Nc1ccc(C)cc1C. The van der Waals surface area contributed by atoms with E-state index in [1.165, 1.54) is 17.3 Å². The van der Waals surface area contributed by atoms with Crippen molar-refractivity contribution >= 4 is 23.4 Å². The lowest BCUT2D eigenvalue weighted by Crippen LogP contribution is -2.15. The Bertz CT molecular complexity index is 966. The number of aromatic nitrogens is 2. The molecule has 3 aromatic rings. The predicted molar refractivity (Wildman–Crippen MR) is 110 cm³/mol. The van der Waals surface area contributed by atoms with E-state index in [4.69, 9.17) is 4.74 Å². The van der Waals surface area contributed by atoms with Gasteiger partial charge in [-0.1, -0.05) is 35.5 Å². The number of ether oxygens (including phenoxy) is 1. The van der Waals surface area contributed by atoms with Crippen LogP contribution in [0.1, 0.15) is 16.7 Å². The smallest absolute Gasteiger partial charge is 0.234 e. The van der Waals surface area contributed by atoms with E-state index in [-0.39, 0.29) is 11.7 Å². The Hall–Kier alpha value is -2.73. The molecule has 0 bridgehead atoms. The third-order valence-corrected chi connectivity index (χ3v) is 5.16. The molecule has 0 spiro atoms. The number of aryl methyl sites for hydroxylation is 3. The number of carbonyl (C=O) groups is 1. The second-order valence-electron chi connectivity index (χ2n) is 6.41. The molecule has 0 aliphatic heterocycles. The van der Waals surface area contributed by atoms with E-state index in [0.717, 1.165) is 33.4 Å². The number of hydrogen-bond donors (Lipinski definition) is 1. The lowest BCUT2D eigenvalue weighted by molar-refractivity contribution is -0.113. The summed E-state index contributed by atoms with van der Waals surface area (Å²) in [6.07, 6.45) is 3.60. The average Bonchev–Trinajstić information content (AvgIpc) is 3.11. The molecule has 0 atom stereocenters. The van der Waals surface area contributed by atoms with Crippen molar-refractivity contribution in [3.8, 4) is 11.4 Å². The van der Waals surface area contributed by atoms with Crippen molar-refractivity contribution in [3.63, 3.8) is 0 Å². The molecule has 140 valence electrons. The van der Waals surface area contributed by atoms with Gasteiger partial charge in [-0.15, -0.1) is 0 Å². The van der Waals surface area contributed by atoms with Gasteiger partial charge in [-0.05, 0) is 50.1 Å². The Morgan fingerprint density at radius 3 is 2.63 bits per heavy atom. The summed E-state index contributed by atoms with van der Waals surface area (Å²) in [5, 5.41) is 3.71. The summed E-state index contributed by atoms with van der Waals surface area (Å²) >= 11 is 1.39. The predicted octanol–water partition coefficient (Wildman–Crippen LogP) is 4.54. The summed E-state index contributed by atoms with van der Waals surface area (Å²) < 4.78 is 7.41. The summed E-state index contributed by atoms with van der Waals surface area (Å²) in [4.78, 5) is 16.8. The van der Waals surface area contributed by atoms with Crippen molar-refractivity contribution in [1.82, 2.24) is 9.55 Å². The Balaban J connectivity index is 1.72. The normalized spacial score (nSPS) is 10.7. The van der Waals surface area contributed by atoms with Crippen LogP contribution in [0.5, 0.6) is 5.75 Å². The molecular weight excluding hydrogens is 358 g/mol. The highest BCUT2D eigenvalue weighted by Crippen LogP contribution is 2.28. The van der Waals surface area contributed by atoms with Gasteiger partial charge in [0.15, 0.2) is 5.16 Å². The van der Waals surface area contributed by atoms with Crippen molar-refractivity contribution in [1.29, 1.82) is 0 Å². The fraction of sp³-hybridized carbons (Fsp3) is 0.238. The number of carbonyl (C=O) groups excluding carboxylic acids is 1. The standard InChI is InChI=1S/C21H23N3O2S/c1-14-5-7-17(16(3)11-14)23-20(25)13-27-21-22-9-10-24(21)18-12-15(2)6-8-19(18)26-4/h5-12H,13H2,1-4H3,(H,23,25). The van der Waals surface area contributed by atoms with Crippen LogP contribution in [0.25, 0.3) is 5.69 Å². The highest BCUT2D eigenvalue weighted by Gasteiger charge is 2.13. The van der Waals surface area contributed by atoms with Gasteiger partial charge in [0.2, 0.25) is 5.91 Å². The number of benzene rings is 2. The second kappa shape index (κ2) is 8.31. The zero-order valence-corrected chi connectivity index (χ0v) is 16.8. The van der Waals surface area contributed by atoms with Gasteiger partial charge in [0.05, 0.1) is 18.6 Å². The number of nitrogens with one attached hydrogen (secondary N) is 1. The van der Waals surface area contributed by atoms with Gasteiger partial charge in [0.25, 0.3) is 0 Å². The maximum absolute atomic E-state index is 12.4. The molecule has 1 amide bonds. The van der Waals surface area contributed by atoms with Crippen molar-refractivity contribution in [2.45, 2.75) is 25.9 Å². The van der Waals surface area contributed by atoms with Crippen LogP contribution in [0.15, 0.2) is 53.9 Å². The van der Waals surface area contributed by atoms with E-state index >= 15 is 0 Å². The fourth-order valence-electron chi connectivity index (χ4n) is 2.84. The molecule has 0 aliphatic rings. The summed E-state index contributed by atoms with van der Waals surface area (Å²) in [7, 11) is 1.65. The fourth-order valence-corrected chi connectivity index (χ4v) is 3.60. The molecule has 1 heterocycles. The topological polar surface area (TPSA) is 56.2 Å². The van der Waals surface area contributed by atoms with Gasteiger partial charge in [-0.2, -0.15) is 0 Å². The highest BCUT2D eigenvalue weighted by molar-refractivity contribution is 7.99. The molecule has 6 heteroatoms. The van der Waals surface area contributed by atoms with Crippen molar-refractivity contribution in [3.05, 3.63) is 65.5 Å². The molecule has 1 N–H and O–H groups in total. The number of nitrogens with zero attached hydrogens (tertiary/aromatic N) is 2. The largest absolute Gasteiger partial charge is 0.495 e. The van der Waals surface area contributed by atoms with Gasteiger partial charge in [-0.3, -0.25) is 9.36 Å². The Kier molecular flexibility index (Phi) is 5.86. The van der Waals surface area contributed by atoms with E-state index < -0.39 is 0 Å². The molecule has 5 nitrogen and oxygen atoms in total. The van der Waals surface area contributed by atoms with Crippen LogP contribution in [0.3, 0.4) is 0 Å². The summed E-state index contributed by atoms with van der Waals surface area (Å²) in [6.45, 7) is 6.06. The van der Waals surface area contributed by atoms with Crippen molar-refractivity contribution < 1.29 is 9.53 Å². The summed E-state index contributed by atoms with van der Waals surface area (Å²) in [6, 6.07) is 12.0. The molecule has 0 fully saturated rings. The van der Waals surface area contributed by atoms with Gasteiger partial charge in [0.1, 0.15) is 5.75 Å². The molecule has 0 aliphatic carbocycles.